The van der Waals surface area contributed by atoms with Crippen LogP contribution in [0, 0.1) is 0 Å². The van der Waals surface area contributed by atoms with Gasteiger partial charge in [0, 0.05) is 6.07 Å². The van der Waals surface area contributed by atoms with E-state index in [1.807, 2.05) is 42.5 Å². The molecule has 2 aromatic carbocycles. The van der Waals surface area contributed by atoms with Crippen molar-refractivity contribution in [3.05, 3.63) is 59.7 Å². The van der Waals surface area contributed by atoms with Gasteiger partial charge in [-0.3, -0.25) is 4.79 Å². The number of methoxy groups -OCH3 is 2. The van der Waals surface area contributed by atoms with Crippen LogP contribution in [0.3, 0.4) is 0 Å². The highest BCUT2D eigenvalue weighted by molar-refractivity contribution is 5.81. The van der Waals surface area contributed by atoms with Gasteiger partial charge in [-0.25, -0.2) is 0 Å². The Morgan fingerprint density at radius 3 is 2.27 bits per heavy atom. The van der Waals surface area contributed by atoms with Crippen molar-refractivity contribution in [3.8, 4) is 17.2 Å². The smallest absolute Gasteiger partial charge is 0.164 e. The Kier molecular flexibility index (Phi) is 5.60. The number of hydrogen-bond donors (Lipinski definition) is 0. The van der Waals surface area contributed by atoms with Crippen molar-refractivity contribution >= 4 is 12.4 Å². The molecule has 0 spiro atoms. The third kappa shape index (κ3) is 3.88. The number of hydrogen-bond acceptors (Lipinski definition) is 4. The summed E-state index contributed by atoms with van der Waals surface area (Å²) in [7, 11) is 3.06. The van der Waals surface area contributed by atoms with E-state index in [-0.39, 0.29) is 0 Å². The monoisotopic (exact) mass is 298 g/mol. The Balaban J connectivity index is 2.08. The van der Waals surface area contributed by atoms with Gasteiger partial charge in [0.25, 0.3) is 0 Å². The molecule has 0 heterocycles. The second-order valence-electron chi connectivity index (χ2n) is 4.49. The van der Waals surface area contributed by atoms with Gasteiger partial charge in [0.1, 0.15) is 12.4 Å². The third-order valence-corrected chi connectivity index (χ3v) is 3.09. The topological polar surface area (TPSA) is 44.8 Å². The minimum atomic E-state index is 0.352. The van der Waals surface area contributed by atoms with E-state index in [2.05, 4.69) is 0 Å². The van der Waals surface area contributed by atoms with Crippen LogP contribution in [-0.4, -0.2) is 27.1 Å². The predicted molar refractivity (Wildman–Crippen MR) is 85.9 cm³/mol. The molecule has 22 heavy (non-hydrogen) atoms. The number of carbonyl (C=O) groups is 1. The summed E-state index contributed by atoms with van der Waals surface area (Å²) in [5.41, 5.74) is 1.51. The van der Waals surface area contributed by atoms with Gasteiger partial charge in [0.05, 0.1) is 19.8 Å². The molecule has 114 valence electrons. The molecular formula is C18H18O4. The quantitative estimate of drug-likeness (QED) is 0.733. The Morgan fingerprint density at radius 2 is 1.64 bits per heavy atom. The van der Waals surface area contributed by atoms with Crippen molar-refractivity contribution in [2.75, 3.05) is 20.8 Å². The van der Waals surface area contributed by atoms with Crippen molar-refractivity contribution in [3.63, 3.8) is 0 Å². The maximum Gasteiger partial charge on any atom is 0.164 e. The summed E-state index contributed by atoms with van der Waals surface area (Å²) in [6, 6.07) is 13.2. The first-order valence-electron chi connectivity index (χ1n) is 6.84. The molecule has 0 saturated heterocycles. The molecule has 4 heteroatoms. The zero-order chi connectivity index (χ0) is 15.8. The van der Waals surface area contributed by atoms with E-state index in [1.165, 1.54) is 14.2 Å². The summed E-state index contributed by atoms with van der Waals surface area (Å²) in [6.07, 6.45) is 4.58. The zero-order valence-electron chi connectivity index (χ0n) is 12.6. The van der Waals surface area contributed by atoms with Crippen LogP contribution in [0.5, 0.6) is 17.2 Å². The lowest BCUT2D eigenvalue weighted by atomic mass is 10.2. The Hall–Kier alpha value is -2.75. The van der Waals surface area contributed by atoms with Crippen LogP contribution in [0.25, 0.3) is 6.08 Å². The van der Waals surface area contributed by atoms with Crippen molar-refractivity contribution in [1.29, 1.82) is 0 Å². The van der Waals surface area contributed by atoms with Crippen molar-refractivity contribution in [1.82, 2.24) is 0 Å². The Labute approximate surface area is 129 Å². The summed E-state index contributed by atoms with van der Waals surface area (Å²) < 4.78 is 16.0. The molecule has 0 saturated carbocycles. The normalized spacial score (nSPS) is 10.5. The summed E-state index contributed by atoms with van der Waals surface area (Å²) in [6.45, 7) is 0.352. The Bertz CT molecular complexity index is 648. The first kappa shape index (κ1) is 15.6. The zero-order valence-corrected chi connectivity index (χ0v) is 12.6. The minimum Gasteiger partial charge on any atom is -0.493 e. The van der Waals surface area contributed by atoms with Gasteiger partial charge >= 0.3 is 0 Å². The molecule has 0 aromatic heterocycles. The lowest BCUT2D eigenvalue weighted by Crippen LogP contribution is -2.00. The highest BCUT2D eigenvalue weighted by Gasteiger charge is 2.11. The molecule has 0 aliphatic rings. The number of ether oxygens (including phenoxy) is 3. The van der Waals surface area contributed by atoms with E-state index < -0.39 is 0 Å². The standard InChI is InChI=1S/C18H18O4/c1-20-17-11-15(13-19)16(12-18(17)21-2)22-10-6-9-14-7-4-3-5-8-14/h3-9,11-13H,10H2,1-2H3. The maximum absolute atomic E-state index is 11.2. The molecule has 2 aromatic rings. The molecule has 0 unspecified atom stereocenters. The van der Waals surface area contributed by atoms with Crippen molar-refractivity contribution in [2.45, 2.75) is 0 Å². The van der Waals surface area contributed by atoms with E-state index in [4.69, 9.17) is 14.2 Å². The highest BCUT2D eigenvalue weighted by atomic mass is 16.5. The predicted octanol–water partition coefficient (Wildman–Crippen LogP) is 3.61. The molecular weight excluding hydrogens is 280 g/mol. The largest absolute Gasteiger partial charge is 0.493 e. The van der Waals surface area contributed by atoms with Crippen LogP contribution in [-0.2, 0) is 0 Å². The van der Waals surface area contributed by atoms with Crippen LogP contribution >= 0.6 is 0 Å². The van der Waals surface area contributed by atoms with E-state index in [0.717, 1.165) is 11.8 Å². The molecule has 0 aliphatic carbocycles. The fourth-order valence-corrected chi connectivity index (χ4v) is 1.98. The SMILES string of the molecule is COc1cc(C=O)c(OCC=Cc2ccccc2)cc1OC. The summed E-state index contributed by atoms with van der Waals surface area (Å²) in [5, 5.41) is 0. The number of aldehydes is 1. The van der Waals surface area contributed by atoms with Gasteiger partial charge in [-0.15, -0.1) is 0 Å². The lowest BCUT2D eigenvalue weighted by molar-refractivity contribution is 0.111. The second-order valence-corrected chi connectivity index (χ2v) is 4.49. The summed E-state index contributed by atoms with van der Waals surface area (Å²) >= 11 is 0. The molecule has 4 nitrogen and oxygen atoms in total. The minimum absolute atomic E-state index is 0.352. The molecule has 0 bridgehead atoms. The van der Waals surface area contributed by atoms with Crippen molar-refractivity contribution in [2.24, 2.45) is 0 Å². The van der Waals surface area contributed by atoms with Gasteiger partial charge in [-0.1, -0.05) is 36.4 Å². The first-order valence-corrected chi connectivity index (χ1v) is 6.84. The van der Waals surface area contributed by atoms with Gasteiger partial charge < -0.3 is 14.2 Å². The molecule has 0 aliphatic heterocycles. The molecule has 0 atom stereocenters. The summed E-state index contributed by atoms with van der Waals surface area (Å²) in [4.78, 5) is 11.2. The molecule has 0 radical (unpaired) electrons. The van der Waals surface area contributed by atoms with Crippen molar-refractivity contribution < 1.29 is 19.0 Å². The summed E-state index contributed by atoms with van der Waals surface area (Å²) in [5.74, 6) is 1.48. The second kappa shape index (κ2) is 7.88. The van der Waals surface area contributed by atoms with Crippen LogP contribution < -0.4 is 14.2 Å². The fourth-order valence-electron chi connectivity index (χ4n) is 1.98. The number of carbonyl (C=O) groups excluding carboxylic acids is 1. The highest BCUT2D eigenvalue weighted by Crippen LogP contribution is 2.33. The average molecular weight is 298 g/mol. The molecule has 0 fully saturated rings. The lowest BCUT2D eigenvalue weighted by Gasteiger charge is -2.12. The van der Waals surface area contributed by atoms with E-state index in [1.54, 1.807) is 12.1 Å². The number of rotatable bonds is 7. The van der Waals surface area contributed by atoms with E-state index in [9.17, 15) is 4.79 Å². The Morgan fingerprint density at radius 1 is 0.955 bits per heavy atom. The van der Waals surface area contributed by atoms with Crippen LogP contribution in [0.2, 0.25) is 0 Å². The first-order chi connectivity index (χ1) is 10.8. The van der Waals surface area contributed by atoms with Gasteiger partial charge in [0.15, 0.2) is 17.8 Å². The van der Waals surface area contributed by atoms with Crippen LogP contribution in [0.15, 0.2) is 48.5 Å². The molecule has 0 N–H and O–H groups in total. The van der Waals surface area contributed by atoms with Crippen LogP contribution in [0.1, 0.15) is 15.9 Å². The molecule has 2 rings (SSSR count). The van der Waals surface area contributed by atoms with Gasteiger partial charge in [-0.05, 0) is 17.7 Å². The van der Waals surface area contributed by atoms with Gasteiger partial charge in [-0.2, -0.15) is 0 Å². The van der Waals surface area contributed by atoms with Crippen LogP contribution in [0.4, 0.5) is 0 Å². The van der Waals surface area contributed by atoms with E-state index >= 15 is 0 Å². The molecule has 0 amide bonds. The van der Waals surface area contributed by atoms with Gasteiger partial charge in [0.2, 0.25) is 0 Å². The fraction of sp³-hybridized carbons (Fsp3) is 0.167. The third-order valence-electron chi connectivity index (χ3n) is 3.09. The van der Waals surface area contributed by atoms with E-state index in [0.29, 0.717) is 29.4 Å². The average Bonchev–Trinajstić information content (AvgIpc) is 2.58. The maximum atomic E-state index is 11.2. The number of benzene rings is 2.